The summed E-state index contributed by atoms with van der Waals surface area (Å²) in [5, 5.41) is 10.5. The summed E-state index contributed by atoms with van der Waals surface area (Å²) in [6.07, 6.45) is 3.80. The first kappa shape index (κ1) is 11.7. The van der Waals surface area contributed by atoms with E-state index < -0.39 is 0 Å². The molecule has 3 heteroatoms. The summed E-state index contributed by atoms with van der Waals surface area (Å²) in [6, 6.07) is 5.91. The van der Waals surface area contributed by atoms with Gasteiger partial charge in [-0.3, -0.25) is 4.90 Å². The highest BCUT2D eigenvalue weighted by Crippen LogP contribution is 2.29. The Morgan fingerprint density at radius 1 is 1.44 bits per heavy atom. The maximum absolute atomic E-state index is 9.80. The number of nitrogens with zero attached hydrogens (tertiary/aromatic N) is 1. The Bertz CT molecular complexity index is 347. The molecule has 1 aliphatic rings. The lowest BCUT2D eigenvalue weighted by atomic mass is 10.0. The Morgan fingerprint density at radius 2 is 2.25 bits per heavy atom. The summed E-state index contributed by atoms with van der Waals surface area (Å²) in [7, 11) is 0. The van der Waals surface area contributed by atoms with E-state index in [1.807, 2.05) is 6.07 Å². The molecule has 16 heavy (non-hydrogen) atoms. The van der Waals surface area contributed by atoms with Crippen LogP contribution in [0.15, 0.2) is 18.2 Å². The van der Waals surface area contributed by atoms with Crippen molar-refractivity contribution in [2.24, 2.45) is 0 Å². The molecule has 1 unspecified atom stereocenters. The first-order valence-corrected chi connectivity index (χ1v) is 6.26. The molecule has 1 fully saturated rings. The molecular formula is C13H18ClNO. The van der Waals surface area contributed by atoms with Gasteiger partial charge >= 0.3 is 0 Å². The van der Waals surface area contributed by atoms with Gasteiger partial charge in [-0.15, -0.1) is 0 Å². The van der Waals surface area contributed by atoms with Crippen LogP contribution in [0, 0.1) is 0 Å². The van der Waals surface area contributed by atoms with Crippen LogP contribution in [0.25, 0.3) is 0 Å². The van der Waals surface area contributed by atoms with Crippen molar-refractivity contribution in [3.05, 3.63) is 28.8 Å². The molecule has 1 aromatic rings. The van der Waals surface area contributed by atoms with Crippen LogP contribution >= 0.6 is 11.6 Å². The van der Waals surface area contributed by atoms with E-state index in [1.165, 1.54) is 19.3 Å². The number of benzene rings is 1. The summed E-state index contributed by atoms with van der Waals surface area (Å²) in [6.45, 7) is 4.10. The van der Waals surface area contributed by atoms with Gasteiger partial charge in [-0.1, -0.05) is 24.1 Å². The van der Waals surface area contributed by atoms with Crippen LogP contribution in [0.2, 0.25) is 5.02 Å². The predicted molar refractivity (Wildman–Crippen MR) is 66.8 cm³/mol. The van der Waals surface area contributed by atoms with Crippen molar-refractivity contribution in [1.82, 2.24) is 4.90 Å². The second-order valence-electron chi connectivity index (χ2n) is 4.55. The lowest BCUT2D eigenvalue weighted by molar-refractivity contribution is 0.151. The summed E-state index contributed by atoms with van der Waals surface area (Å²) in [4.78, 5) is 2.39. The van der Waals surface area contributed by atoms with Gasteiger partial charge in [-0.2, -0.15) is 0 Å². The van der Waals surface area contributed by atoms with E-state index >= 15 is 0 Å². The topological polar surface area (TPSA) is 23.5 Å². The number of hydrogen-bond donors (Lipinski definition) is 1. The van der Waals surface area contributed by atoms with Gasteiger partial charge in [0.1, 0.15) is 5.75 Å². The number of phenolic OH excluding ortho intramolecular Hbond substituents is 1. The zero-order chi connectivity index (χ0) is 11.5. The molecule has 2 rings (SSSR count). The molecule has 0 bridgehead atoms. The summed E-state index contributed by atoms with van der Waals surface area (Å²) < 4.78 is 0. The van der Waals surface area contributed by atoms with Gasteiger partial charge in [0.05, 0.1) is 0 Å². The molecule has 88 valence electrons. The van der Waals surface area contributed by atoms with Gasteiger partial charge in [-0.25, -0.2) is 0 Å². The van der Waals surface area contributed by atoms with Gasteiger partial charge in [0.2, 0.25) is 0 Å². The molecule has 1 saturated heterocycles. The van der Waals surface area contributed by atoms with Crippen LogP contribution in [0.5, 0.6) is 5.75 Å². The van der Waals surface area contributed by atoms with Crippen molar-refractivity contribution in [2.45, 2.75) is 38.8 Å². The lowest BCUT2D eigenvalue weighted by Crippen LogP contribution is -2.36. The Morgan fingerprint density at radius 3 is 2.94 bits per heavy atom. The molecule has 1 N–H and O–H groups in total. The van der Waals surface area contributed by atoms with Gasteiger partial charge in [0, 0.05) is 23.2 Å². The first-order chi connectivity index (χ1) is 7.68. The average molecular weight is 240 g/mol. The molecule has 1 heterocycles. The van der Waals surface area contributed by atoms with Crippen molar-refractivity contribution < 1.29 is 5.11 Å². The minimum Gasteiger partial charge on any atom is -0.508 e. The van der Waals surface area contributed by atoms with Crippen LogP contribution in [-0.2, 0) is 6.54 Å². The van der Waals surface area contributed by atoms with Gasteiger partial charge < -0.3 is 5.11 Å². The van der Waals surface area contributed by atoms with E-state index in [2.05, 4.69) is 11.8 Å². The van der Waals surface area contributed by atoms with Crippen LogP contribution in [0.1, 0.15) is 31.7 Å². The SMILES string of the molecule is CC1CCCCN1Cc1c(O)cccc1Cl. The average Bonchev–Trinajstić information content (AvgIpc) is 2.26. The molecule has 2 nitrogen and oxygen atoms in total. The third kappa shape index (κ3) is 2.50. The number of halogens is 1. The zero-order valence-electron chi connectivity index (χ0n) is 9.62. The van der Waals surface area contributed by atoms with Crippen LogP contribution in [0.3, 0.4) is 0 Å². The number of aromatic hydroxyl groups is 1. The number of piperidine rings is 1. The lowest BCUT2D eigenvalue weighted by Gasteiger charge is -2.33. The third-order valence-corrected chi connectivity index (χ3v) is 3.75. The number of phenols is 1. The highest BCUT2D eigenvalue weighted by atomic mass is 35.5. The van der Waals surface area contributed by atoms with Gasteiger partial charge in [0.15, 0.2) is 0 Å². The van der Waals surface area contributed by atoms with E-state index in [1.54, 1.807) is 12.1 Å². The standard InChI is InChI=1S/C13H18ClNO/c1-10-5-2-3-8-15(10)9-11-12(14)6-4-7-13(11)16/h4,6-7,10,16H,2-3,5,8-9H2,1H3. The van der Waals surface area contributed by atoms with E-state index in [0.29, 0.717) is 16.8 Å². The maximum atomic E-state index is 9.80. The minimum absolute atomic E-state index is 0.310. The van der Waals surface area contributed by atoms with Crippen molar-refractivity contribution in [3.63, 3.8) is 0 Å². The number of rotatable bonds is 2. The smallest absolute Gasteiger partial charge is 0.121 e. The van der Waals surface area contributed by atoms with Crippen LogP contribution < -0.4 is 0 Å². The third-order valence-electron chi connectivity index (χ3n) is 3.40. The Hall–Kier alpha value is -0.730. The fourth-order valence-corrected chi connectivity index (χ4v) is 2.53. The molecule has 1 aliphatic heterocycles. The minimum atomic E-state index is 0.310. The monoisotopic (exact) mass is 239 g/mol. The first-order valence-electron chi connectivity index (χ1n) is 5.89. The molecule has 0 saturated carbocycles. The largest absolute Gasteiger partial charge is 0.508 e. The van der Waals surface area contributed by atoms with E-state index in [0.717, 1.165) is 18.7 Å². The molecular weight excluding hydrogens is 222 g/mol. The maximum Gasteiger partial charge on any atom is 0.121 e. The predicted octanol–water partition coefficient (Wildman–Crippen LogP) is 3.42. The number of likely N-dealkylation sites (tertiary alicyclic amines) is 1. The second kappa shape index (κ2) is 5.07. The number of hydrogen-bond acceptors (Lipinski definition) is 2. The summed E-state index contributed by atoms with van der Waals surface area (Å²) in [5.74, 6) is 0.310. The van der Waals surface area contributed by atoms with Crippen molar-refractivity contribution >= 4 is 11.6 Å². The molecule has 0 radical (unpaired) electrons. The van der Waals surface area contributed by atoms with E-state index in [-0.39, 0.29) is 0 Å². The molecule has 1 atom stereocenters. The Balaban J connectivity index is 2.13. The summed E-state index contributed by atoms with van der Waals surface area (Å²) >= 11 is 6.11. The molecule has 0 amide bonds. The van der Waals surface area contributed by atoms with Crippen molar-refractivity contribution in [3.8, 4) is 5.75 Å². The zero-order valence-corrected chi connectivity index (χ0v) is 10.4. The normalized spacial score (nSPS) is 22.2. The highest BCUT2D eigenvalue weighted by molar-refractivity contribution is 6.31. The molecule has 0 aromatic heterocycles. The Kier molecular flexibility index (Phi) is 3.72. The van der Waals surface area contributed by atoms with Crippen LogP contribution in [0.4, 0.5) is 0 Å². The fourth-order valence-electron chi connectivity index (χ4n) is 2.30. The van der Waals surface area contributed by atoms with Crippen LogP contribution in [-0.4, -0.2) is 22.6 Å². The summed E-state index contributed by atoms with van der Waals surface area (Å²) in [5.41, 5.74) is 0.859. The van der Waals surface area contributed by atoms with Crippen molar-refractivity contribution in [2.75, 3.05) is 6.54 Å². The van der Waals surface area contributed by atoms with E-state index in [9.17, 15) is 5.11 Å². The second-order valence-corrected chi connectivity index (χ2v) is 4.96. The van der Waals surface area contributed by atoms with Gasteiger partial charge in [-0.05, 0) is 38.4 Å². The Labute approximate surface area is 102 Å². The molecule has 1 aromatic carbocycles. The highest BCUT2D eigenvalue weighted by Gasteiger charge is 2.20. The molecule has 0 spiro atoms. The molecule has 0 aliphatic carbocycles. The van der Waals surface area contributed by atoms with E-state index in [4.69, 9.17) is 11.6 Å². The quantitative estimate of drug-likeness (QED) is 0.855. The van der Waals surface area contributed by atoms with Crippen molar-refractivity contribution in [1.29, 1.82) is 0 Å². The fraction of sp³-hybridized carbons (Fsp3) is 0.538. The van der Waals surface area contributed by atoms with Gasteiger partial charge in [0.25, 0.3) is 0 Å².